The van der Waals surface area contributed by atoms with Gasteiger partial charge in [0.15, 0.2) is 6.61 Å². The first kappa shape index (κ1) is 17.7. The van der Waals surface area contributed by atoms with Crippen LogP contribution in [0.15, 0.2) is 0 Å². The lowest BCUT2D eigenvalue weighted by molar-refractivity contribution is -0.157. The number of ether oxygens (including phenoxy) is 1. The highest BCUT2D eigenvalue weighted by Crippen LogP contribution is 2.22. The Balaban J connectivity index is 4.49. The standard InChI is InChI=1S/C9H14F3NO5S/c1-4-8(2,3)7(15)18-5-6(14)13-19(16,17)9(10,11)12/h4-5H2,1-3H3,(H,13,14). The van der Waals surface area contributed by atoms with Gasteiger partial charge in [-0.3, -0.25) is 9.59 Å². The molecular weight excluding hydrogens is 291 g/mol. The van der Waals surface area contributed by atoms with Crippen LogP contribution in [0.25, 0.3) is 0 Å². The zero-order valence-corrected chi connectivity index (χ0v) is 11.3. The summed E-state index contributed by atoms with van der Waals surface area (Å²) in [5.74, 6) is -2.38. The molecule has 0 aliphatic heterocycles. The van der Waals surface area contributed by atoms with Crippen molar-refractivity contribution in [2.24, 2.45) is 5.41 Å². The maximum absolute atomic E-state index is 11.9. The highest BCUT2D eigenvalue weighted by molar-refractivity contribution is 7.90. The Morgan fingerprint density at radius 2 is 1.68 bits per heavy atom. The van der Waals surface area contributed by atoms with Gasteiger partial charge in [-0.25, -0.2) is 4.72 Å². The van der Waals surface area contributed by atoms with Crippen LogP contribution in [0.1, 0.15) is 27.2 Å². The molecule has 0 aliphatic carbocycles. The van der Waals surface area contributed by atoms with Crippen LogP contribution in [0.4, 0.5) is 13.2 Å². The van der Waals surface area contributed by atoms with E-state index in [4.69, 9.17) is 0 Å². The fourth-order valence-corrected chi connectivity index (χ4v) is 1.18. The highest BCUT2D eigenvalue weighted by atomic mass is 32.2. The zero-order valence-electron chi connectivity index (χ0n) is 10.5. The molecule has 0 aromatic carbocycles. The Kier molecular flexibility index (Phi) is 5.36. The van der Waals surface area contributed by atoms with E-state index in [2.05, 4.69) is 4.74 Å². The third kappa shape index (κ3) is 5.05. The fraction of sp³-hybridized carbons (Fsp3) is 0.778. The molecule has 0 aliphatic rings. The molecule has 0 saturated carbocycles. The first-order chi connectivity index (χ1) is 8.33. The van der Waals surface area contributed by atoms with Crippen LogP contribution in [-0.4, -0.2) is 32.4 Å². The molecule has 0 atom stereocenters. The smallest absolute Gasteiger partial charge is 0.455 e. The highest BCUT2D eigenvalue weighted by Gasteiger charge is 2.47. The van der Waals surface area contributed by atoms with Crippen molar-refractivity contribution in [3.63, 3.8) is 0 Å². The summed E-state index contributed by atoms with van der Waals surface area (Å²) in [6.45, 7) is 3.60. The van der Waals surface area contributed by atoms with Crippen LogP contribution in [0.5, 0.6) is 0 Å². The van der Waals surface area contributed by atoms with Crippen LogP contribution < -0.4 is 4.72 Å². The van der Waals surface area contributed by atoms with Gasteiger partial charge >= 0.3 is 21.5 Å². The number of sulfonamides is 1. The SMILES string of the molecule is CCC(C)(C)C(=O)OCC(=O)NS(=O)(=O)C(F)(F)F. The Bertz CT molecular complexity index is 455. The first-order valence-corrected chi connectivity index (χ1v) is 6.61. The number of nitrogens with one attached hydrogen (secondary N) is 1. The summed E-state index contributed by atoms with van der Waals surface area (Å²) in [7, 11) is -5.78. The topological polar surface area (TPSA) is 89.5 Å². The van der Waals surface area contributed by atoms with Crippen molar-refractivity contribution in [3.8, 4) is 0 Å². The monoisotopic (exact) mass is 305 g/mol. The van der Waals surface area contributed by atoms with Crippen LogP contribution in [-0.2, 0) is 24.3 Å². The summed E-state index contributed by atoms with van der Waals surface area (Å²) >= 11 is 0. The Labute approximate surface area is 108 Å². The number of rotatable bonds is 5. The maximum atomic E-state index is 11.9. The molecule has 6 nitrogen and oxygen atoms in total. The average Bonchev–Trinajstić information content (AvgIpc) is 2.23. The van der Waals surface area contributed by atoms with E-state index in [1.54, 1.807) is 6.92 Å². The van der Waals surface area contributed by atoms with Crippen LogP contribution >= 0.6 is 0 Å². The van der Waals surface area contributed by atoms with Gasteiger partial charge in [0, 0.05) is 0 Å². The van der Waals surface area contributed by atoms with Crippen LogP contribution in [0.2, 0.25) is 0 Å². The molecular formula is C9H14F3NO5S. The third-order valence-electron chi connectivity index (χ3n) is 2.32. The average molecular weight is 305 g/mol. The van der Waals surface area contributed by atoms with Crippen molar-refractivity contribution in [2.45, 2.75) is 32.7 Å². The van der Waals surface area contributed by atoms with Crippen molar-refractivity contribution in [1.29, 1.82) is 0 Å². The minimum absolute atomic E-state index is 0.383. The second-order valence-corrected chi connectivity index (χ2v) is 5.96. The molecule has 19 heavy (non-hydrogen) atoms. The van der Waals surface area contributed by atoms with Gasteiger partial charge in [-0.2, -0.15) is 21.6 Å². The molecule has 1 amide bonds. The number of halogens is 3. The van der Waals surface area contributed by atoms with Gasteiger partial charge in [0.1, 0.15) is 0 Å². The number of amides is 1. The Morgan fingerprint density at radius 1 is 1.21 bits per heavy atom. The second-order valence-electron chi connectivity index (χ2n) is 4.29. The predicted molar refractivity (Wildman–Crippen MR) is 58.1 cm³/mol. The number of hydrogen-bond acceptors (Lipinski definition) is 5. The largest absolute Gasteiger partial charge is 0.516 e. The normalized spacial score (nSPS) is 12.9. The van der Waals surface area contributed by atoms with Crippen molar-refractivity contribution < 1.29 is 35.9 Å². The van der Waals surface area contributed by atoms with Gasteiger partial charge in [-0.1, -0.05) is 6.92 Å². The molecule has 0 unspecified atom stereocenters. The van der Waals surface area contributed by atoms with Gasteiger partial charge < -0.3 is 4.74 Å². The lowest BCUT2D eigenvalue weighted by atomic mass is 9.91. The summed E-state index contributed by atoms with van der Waals surface area (Å²) in [6, 6.07) is 0. The van der Waals surface area contributed by atoms with E-state index >= 15 is 0 Å². The molecule has 0 bridgehead atoms. The fourth-order valence-electron chi connectivity index (χ4n) is 0.708. The lowest BCUT2D eigenvalue weighted by Crippen LogP contribution is -2.42. The molecule has 10 heteroatoms. The van der Waals surface area contributed by atoms with E-state index in [0.29, 0.717) is 6.42 Å². The van der Waals surface area contributed by atoms with Gasteiger partial charge in [0.25, 0.3) is 5.91 Å². The first-order valence-electron chi connectivity index (χ1n) is 5.12. The molecule has 0 spiro atoms. The number of carbonyl (C=O) groups is 2. The summed E-state index contributed by atoms with van der Waals surface area (Å²) < 4.78 is 62.1. The van der Waals surface area contributed by atoms with Gasteiger partial charge in [-0.15, -0.1) is 0 Å². The van der Waals surface area contributed by atoms with Crippen molar-refractivity contribution >= 4 is 21.9 Å². The Hall–Kier alpha value is -1.32. The molecule has 112 valence electrons. The van der Waals surface area contributed by atoms with E-state index in [1.807, 2.05) is 0 Å². The van der Waals surface area contributed by atoms with E-state index in [1.165, 1.54) is 13.8 Å². The van der Waals surface area contributed by atoms with Gasteiger partial charge in [0.05, 0.1) is 5.41 Å². The van der Waals surface area contributed by atoms with Crippen molar-refractivity contribution in [1.82, 2.24) is 4.72 Å². The zero-order chi connectivity index (χ0) is 15.5. The van der Waals surface area contributed by atoms with Gasteiger partial charge in [-0.05, 0) is 20.3 Å². The lowest BCUT2D eigenvalue weighted by Gasteiger charge is -2.20. The predicted octanol–water partition coefficient (Wildman–Crippen LogP) is 0.932. The molecule has 0 radical (unpaired) electrons. The molecule has 0 aromatic rings. The molecule has 0 rings (SSSR count). The molecule has 0 fully saturated rings. The van der Waals surface area contributed by atoms with Crippen LogP contribution in [0.3, 0.4) is 0 Å². The van der Waals surface area contributed by atoms with Crippen LogP contribution in [0, 0.1) is 5.41 Å². The number of esters is 1. The van der Waals surface area contributed by atoms with E-state index in [0.717, 1.165) is 4.72 Å². The van der Waals surface area contributed by atoms with Crippen molar-refractivity contribution in [3.05, 3.63) is 0 Å². The van der Waals surface area contributed by atoms with E-state index < -0.39 is 39.4 Å². The number of hydrogen-bond donors (Lipinski definition) is 1. The van der Waals surface area contributed by atoms with Gasteiger partial charge in [0.2, 0.25) is 0 Å². The summed E-state index contributed by atoms with van der Waals surface area (Å²) in [6.07, 6.45) is 0.383. The summed E-state index contributed by atoms with van der Waals surface area (Å²) in [5.41, 5.74) is -6.52. The summed E-state index contributed by atoms with van der Waals surface area (Å²) in [4.78, 5) is 22.3. The maximum Gasteiger partial charge on any atom is 0.516 e. The van der Waals surface area contributed by atoms with E-state index in [-0.39, 0.29) is 0 Å². The second kappa shape index (κ2) is 5.76. The number of carbonyl (C=O) groups excluding carboxylic acids is 2. The molecule has 0 aromatic heterocycles. The minimum atomic E-state index is -5.78. The van der Waals surface area contributed by atoms with E-state index in [9.17, 15) is 31.2 Å². The summed E-state index contributed by atoms with van der Waals surface area (Å²) in [5, 5.41) is 0. The number of alkyl halides is 3. The quantitative estimate of drug-likeness (QED) is 0.763. The Morgan fingerprint density at radius 3 is 2.05 bits per heavy atom. The molecule has 0 heterocycles. The molecule has 1 N–H and O–H groups in total. The minimum Gasteiger partial charge on any atom is -0.455 e. The molecule has 0 saturated heterocycles. The third-order valence-corrected chi connectivity index (χ3v) is 3.43. The van der Waals surface area contributed by atoms with Crippen molar-refractivity contribution in [2.75, 3.05) is 6.61 Å².